The Bertz CT molecular complexity index is 705. The van der Waals surface area contributed by atoms with Gasteiger partial charge in [0.1, 0.15) is 0 Å². The predicted octanol–water partition coefficient (Wildman–Crippen LogP) is 3.72. The Morgan fingerprint density at radius 2 is 1.68 bits per heavy atom. The summed E-state index contributed by atoms with van der Waals surface area (Å²) in [5.74, 6) is -0.182. The highest BCUT2D eigenvalue weighted by molar-refractivity contribution is 6.01. The second-order valence-electron chi connectivity index (χ2n) is 5.69. The summed E-state index contributed by atoms with van der Waals surface area (Å²) in [7, 11) is 0. The molecule has 1 N–H and O–H groups in total. The van der Waals surface area contributed by atoms with Crippen LogP contribution in [0.1, 0.15) is 46.8 Å². The molecule has 2 aromatic carbocycles. The Morgan fingerprint density at radius 1 is 0.955 bits per heavy atom. The molecule has 0 atom stereocenters. The normalized spacial score (nSPS) is 14.3. The Hall–Kier alpha value is -2.42. The van der Waals surface area contributed by atoms with Crippen molar-refractivity contribution in [3.8, 4) is 0 Å². The number of hydrogen-bond acceptors (Lipinski definition) is 2. The second-order valence-corrected chi connectivity index (χ2v) is 5.69. The van der Waals surface area contributed by atoms with Gasteiger partial charge in [0, 0.05) is 5.56 Å². The number of fused-ring (bicyclic) bond motifs is 1. The van der Waals surface area contributed by atoms with Crippen molar-refractivity contribution in [1.29, 1.82) is 0 Å². The fourth-order valence-corrected chi connectivity index (χ4v) is 2.81. The van der Waals surface area contributed by atoms with E-state index >= 15 is 0 Å². The van der Waals surface area contributed by atoms with Gasteiger partial charge < -0.3 is 0 Å². The van der Waals surface area contributed by atoms with Crippen LogP contribution >= 0.6 is 0 Å². The number of hydrogen-bond donors (Lipinski definition) is 1. The fourth-order valence-electron chi connectivity index (χ4n) is 2.81. The first-order chi connectivity index (χ1) is 10.7. The zero-order chi connectivity index (χ0) is 15.4. The molecule has 0 saturated carbocycles. The number of hydrazone groups is 1. The third-order valence-electron chi connectivity index (χ3n) is 4.13. The molecule has 1 amide bonds. The molecule has 3 heteroatoms. The van der Waals surface area contributed by atoms with Crippen LogP contribution in [0.2, 0.25) is 0 Å². The van der Waals surface area contributed by atoms with Gasteiger partial charge in [-0.25, -0.2) is 5.43 Å². The lowest BCUT2D eigenvalue weighted by molar-refractivity contribution is 0.0955. The van der Waals surface area contributed by atoms with Crippen molar-refractivity contribution in [1.82, 2.24) is 5.43 Å². The number of benzene rings is 2. The van der Waals surface area contributed by atoms with Gasteiger partial charge in [-0.2, -0.15) is 5.10 Å². The summed E-state index contributed by atoms with van der Waals surface area (Å²) >= 11 is 0. The van der Waals surface area contributed by atoms with Crippen molar-refractivity contribution < 1.29 is 4.79 Å². The van der Waals surface area contributed by atoms with Crippen LogP contribution in [0.3, 0.4) is 0 Å². The molecule has 0 aliphatic heterocycles. The zero-order valence-corrected chi connectivity index (χ0v) is 12.8. The van der Waals surface area contributed by atoms with Gasteiger partial charge >= 0.3 is 0 Å². The maximum atomic E-state index is 12.0. The molecule has 0 heterocycles. The minimum absolute atomic E-state index is 0.182. The van der Waals surface area contributed by atoms with E-state index in [-0.39, 0.29) is 5.91 Å². The van der Waals surface area contributed by atoms with Gasteiger partial charge in [0.25, 0.3) is 5.91 Å². The van der Waals surface area contributed by atoms with E-state index in [0.717, 1.165) is 17.7 Å². The summed E-state index contributed by atoms with van der Waals surface area (Å²) in [6.45, 7) is 1.93. The molecule has 0 unspecified atom stereocenters. The minimum Gasteiger partial charge on any atom is -0.267 e. The molecule has 0 radical (unpaired) electrons. The molecule has 0 aromatic heterocycles. The van der Waals surface area contributed by atoms with Gasteiger partial charge in [0.15, 0.2) is 0 Å². The SMILES string of the molecule is CC(=NNC(=O)c1ccccc1)c1ccc2c(c1)CCCC2. The third kappa shape index (κ3) is 3.25. The highest BCUT2D eigenvalue weighted by atomic mass is 16.2. The molecule has 3 nitrogen and oxygen atoms in total. The van der Waals surface area contributed by atoms with Crippen LogP contribution in [0.15, 0.2) is 53.6 Å². The van der Waals surface area contributed by atoms with Gasteiger partial charge in [0.2, 0.25) is 0 Å². The number of rotatable bonds is 3. The second kappa shape index (κ2) is 6.56. The predicted molar refractivity (Wildman–Crippen MR) is 89.2 cm³/mol. The van der Waals surface area contributed by atoms with Crippen LogP contribution in [0, 0.1) is 0 Å². The maximum Gasteiger partial charge on any atom is 0.271 e. The Kier molecular flexibility index (Phi) is 4.33. The average Bonchev–Trinajstić information content (AvgIpc) is 2.59. The van der Waals surface area contributed by atoms with E-state index < -0.39 is 0 Å². The fraction of sp³-hybridized carbons (Fsp3) is 0.263. The molecule has 2 aromatic rings. The average molecular weight is 292 g/mol. The van der Waals surface area contributed by atoms with E-state index in [4.69, 9.17) is 0 Å². The summed E-state index contributed by atoms with van der Waals surface area (Å²) in [5.41, 5.74) is 8.03. The first-order valence-corrected chi connectivity index (χ1v) is 7.76. The monoisotopic (exact) mass is 292 g/mol. The first-order valence-electron chi connectivity index (χ1n) is 7.76. The van der Waals surface area contributed by atoms with E-state index in [9.17, 15) is 4.79 Å². The maximum absolute atomic E-state index is 12.0. The van der Waals surface area contributed by atoms with Gasteiger partial charge in [-0.15, -0.1) is 0 Å². The molecule has 1 aliphatic carbocycles. The van der Waals surface area contributed by atoms with Crippen LogP contribution in [0.5, 0.6) is 0 Å². The Balaban J connectivity index is 1.73. The number of carbonyl (C=O) groups is 1. The molecule has 112 valence electrons. The standard InChI is InChI=1S/C19H20N2O/c1-14(20-21-19(22)16-8-3-2-4-9-16)17-12-11-15-7-5-6-10-18(15)13-17/h2-4,8-9,11-13H,5-7,10H2,1H3,(H,21,22). The van der Waals surface area contributed by atoms with Gasteiger partial charge in [-0.1, -0.05) is 30.3 Å². The van der Waals surface area contributed by atoms with Crippen molar-refractivity contribution in [2.24, 2.45) is 5.10 Å². The quantitative estimate of drug-likeness (QED) is 0.680. The number of nitrogens with zero attached hydrogens (tertiary/aromatic N) is 1. The number of aryl methyl sites for hydroxylation is 2. The Morgan fingerprint density at radius 3 is 2.45 bits per heavy atom. The zero-order valence-electron chi connectivity index (χ0n) is 12.8. The molecule has 3 rings (SSSR count). The molecule has 0 spiro atoms. The van der Waals surface area contributed by atoms with Crippen LogP contribution in [0.25, 0.3) is 0 Å². The van der Waals surface area contributed by atoms with Crippen molar-refractivity contribution in [3.05, 3.63) is 70.8 Å². The van der Waals surface area contributed by atoms with Crippen molar-refractivity contribution >= 4 is 11.6 Å². The van der Waals surface area contributed by atoms with Gasteiger partial charge in [-0.05, 0) is 67.5 Å². The number of nitrogens with one attached hydrogen (secondary N) is 1. The highest BCUT2D eigenvalue weighted by Crippen LogP contribution is 2.22. The molecular weight excluding hydrogens is 272 g/mol. The van der Waals surface area contributed by atoms with Crippen molar-refractivity contribution in [3.63, 3.8) is 0 Å². The largest absolute Gasteiger partial charge is 0.271 e. The van der Waals surface area contributed by atoms with E-state index in [1.165, 1.54) is 30.4 Å². The molecule has 0 saturated heterocycles. The van der Waals surface area contributed by atoms with Crippen LogP contribution in [-0.4, -0.2) is 11.6 Å². The molecule has 0 fully saturated rings. The van der Waals surface area contributed by atoms with E-state index in [1.54, 1.807) is 12.1 Å². The molecule has 1 aliphatic rings. The number of carbonyl (C=O) groups excluding carboxylic acids is 1. The lowest BCUT2D eigenvalue weighted by Gasteiger charge is -2.16. The topological polar surface area (TPSA) is 41.5 Å². The minimum atomic E-state index is -0.182. The van der Waals surface area contributed by atoms with Crippen LogP contribution < -0.4 is 5.43 Å². The molecule has 0 bridgehead atoms. The van der Waals surface area contributed by atoms with E-state index in [2.05, 4.69) is 28.7 Å². The third-order valence-corrected chi connectivity index (χ3v) is 4.13. The summed E-state index contributed by atoms with van der Waals surface area (Å²) in [6.07, 6.45) is 4.87. The van der Waals surface area contributed by atoms with Crippen LogP contribution in [-0.2, 0) is 12.8 Å². The van der Waals surface area contributed by atoms with Gasteiger partial charge in [0.05, 0.1) is 5.71 Å². The van der Waals surface area contributed by atoms with E-state index in [0.29, 0.717) is 5.56 Å². The lowest BCUT2D eigenvalue weighted by atomic mass is 9.90. The summed E-state index contributed by atoms with van der Waals surface area (Å²) in [6, 6.07) is 15.6. The lowest BCUT2D eigenvalue weighted by Crippen LogP contribution is -2.19. The summed E-state index contributed by atoms with van der Waals surface area (Å²) in [4.78, 5) is 12.0. The summed E-state index contributed by atoms with van der Waals surface area (Å²) < 4.78 is 0. The Labute approximate surface area is 131 Å². The number of amides is 1. The molecular formula is C19H20N2O. The van der Waals surface area contributed by atoms with Crippen molar-refractivity contribution in [2.75, 3.05) is 0 Å². The molecule has 22 heavy (non-hydrogen) atoms. The van der Waals surface area contributed by atoms with Gasteiger partial charge in [-0.3, -0.25) is 4.79 Å². The van der Waals surface area contributed by atoms with E-state index in [1.807, 2.05) is 25.1 Å². The van der Waals surface area contributed by atoms with Crippen LogP contribution in [0.4, 0.5) is 0 Å². The first kappa shape index (κ1) is 14.5. The summed E-state index contributed by atoms with van der Waals surface area (Å²) in [5, 5.41) is 4.24. The highest BCUT2D eigenvalue weighted by Gasteiger charge is 2.10. The smallest absolute Gasteiger partial charge is 0.267 e. The van der Waals surface area contributed by atoms with Crippen molar-refractivity contribution in [2.45, 2.75) is 32.6 Å².